The Balaban J connectivity index is 1.22. The Kier molecular flexibility index (Phi) is 8.74. The molecule has 0 aliphatic carbocycles. The van der Waals surface area contributed by atoms with Crippen molar-refractivity contribution >= 4 is 28.3 Å². The average Bonchev–Trinajstić information content (AvgIpc) is 3.51. The van der Waals surface area contributed by atoms with Gasteiger partial charge in [0.2, 0.25) is 0 Å². The minimum Gasteiger partial charge on any atom is -0.494 e. The fourth-order valence-electron chi connectivity index (χ4n) is 4.04. The first-order valence-corrected chi connectivity index (χ1v) is 13.0. The first-order chi connectivity index (χ1) is 16.7. The molecule has 34 heavy (non-hydrogen) atoms. The van der Waals surface area contributed by atoms with E-state index < -0.39 is 0 Å². The molecule has 178 valence electrons. The number of carbonyl (C=O) groups is 1. The van der Waals surface area contributed by atoms with Gasteiger partial charge >= 0.3 is 0 Å². The first-order valence-electron chi connectivity index (χ1n) is 12.2. The minimum absolute atomic E-state index is 0.0307. The Morgan fingerprint density at radius 2 is 1.82 bits per heavy atom. The van der Waals surface area contributed by atoms with Gasteiger partial charge in [0.15, 0.2) is 0 Å². The number of nitrogens with zero attached hydrogens (tertiary/aromatic N) is 2. The van der Waals surface area contributed by atoms with Crippen LogP contribution in [0, 0.1) is 6.92 Å². The van der Waals surface area contributed by atoms with Crippen LogP contribution >= 0.6 is 11.3 Å². The van der Waals surface area contributed by atoms with Gasteiger partial charge in [-0.15, -0.1) is 11.3 Å². The number of carbonyl (C=O) groups excluding carboxylic acids is 1. The highest BCUT2D eigenvalue weighted by Crippen LogP contribution is 2.19. The van der Waals surface area contributed by atoms with Crippen LogP contribution in [0.3, 0.4) is 0 Å². The summed E-state index contributed by atoms with van der Waals surface area (Å²) in [5.41, 5.74) is 3.52. The number of para-hydroxylation sites is 2. The number of rotatable bonds is 13. The Hall–Kier alpha value is -3.12. The summed E-state index contributed by atoms with van der Waals surface area (Å²) >= 11 is 1.48. The number of benzene rings is 2. The lowest BCUT2D eigenvalue weighted by Gasteiger charge is -2.10. The van der Waals surface area contributed by atoms with Crippen molar-refractivity contribution in [3.8, 4) is 5.75 Å². The average molecular weight is 476 g/mol. The molecule has 4 rings (SSSR count). The van der Waals surface area contributed by atoms with Crippen LogP contribution in [-0.2, 0) is 13.0 Å². The van der Waals surface area contributed by atoms with Gasteiger partial charge in [0.25, 0.3) is 5.91 Å². The molecule has 0 atom stereocenters. The van der Waals surface area contributed by atoms with Gasteiger partial charge in [0.05, 0.1) is 22.5 Å². The van der Waals surface area contributed by atoms with Gasteiger partial charge in [-0.3, -0.25) is 4.79 Å². The van der Waals surface area contributed by atoms with E-state index in [1.165, 1.54) is 22.4 Å². The van der Waals surface area contributed by atoms with Gasteiger partial charge in [-0.2, -0.15) is 0 Å². The highest BCUT2D eigenvalue weighted by Gasteiger charge is 2.10. The molecule has 5 nitrogen and oxygen atoms in total. The topological polar surface area (TPSA) is 56.1 Å². The number of amides is 1. The second-order valence-corrected chi connectivity index (χ2v) is 9.53. The number of hydrogen-bond acceptors (Lipinski definition) is 4. The molecule has 0 aliphatic heterocycles. The summed E-state index contributed by atoms with van der Waals surface area (Å²) in [7, 11) is 0. The molecule has 0 radical (unpaired) electrons. The Bertz CT molecular complexity index is 1170. The third-order valence-corrected chi connectivity index (χ3v) is 6.78. The third-order valence-electron chi connectivity index (χ3n) is 5.91. The molecule has 0 unspecified atom stereocenters. The molecule has 0 bridgehead atoms. The van der Waals surface area contributed by atoms with E-state index in [9.17, 15) is 4.79 Å². The van der Waals surface area contributed by atoms with Crippen LogP contribution in [0.5, 0.6) is 5.75 Å². The summed E-state index contributed by atoms with van der Waals surface area (Å²) in [6.45, 7) is 4.47. The van der Waals surface area contributed by atoms with Crippen LogP contribution in [-0.4, -0.2) is 28.6 Å². The quantitative estimate of drug-likeness (QED) is 0.227. The predicted molar refractivity (Wildman–Crippen MR) is 140 cm³/mol. The van der Waals surface area contributed by atoms with Crippen LogP contribution in [0.25, 0.3) is 11.0 Å². The number of unbranched alkanes of at least 4 members (excludes halogenated alkanes) is 3. The van der Waals surface area contributed by atoms with Crippen molar-refractivity contribution < 1.29 is 9.53 Å². The second kappa shape index (κ2) is 12.4. The maximum atomic E-state index is 12.0. The number of aromatic nitrogens is 2. The number of hydrogen-bond donors (Lipinski definition) is 1. The van der Waals surface area contributed by atoms with Crippen LogP contribution < -0.4 is 10.1 Å². The van der Waals surface area contributed by atoms with Crippen molar-refractivity contribution in [2.45, 2.75) is 52.0 Å². The van der Waals surface area contributed by atoms with Crippen molar-refractivity contribution in [3.05, 3.63) is 82.3 Å². The molecular formula is C28H33N3O2S. The Morgan fingerprint density at radius 3 is 2.65 bits per heavy atom. The number of fused-ring (bicyclic) bond motifs is 1. The molecule has 4 aromatic rings. The van der Waals surface area contributed by atoms with Crippen LogP contribution in [0.4, 0.5) is 0 Å². The predicted octanol–water partition coefficient (Wildman–Crippen LogP) is 6.41. The highest BCUT2D eigenvalue weighted by molar-refractivity contribution is 7.12. The number of thiophene rings is 1. The van der Waals surface area contributed by atoms with Crippen LogP contribution in [0.1, 0.15) is 53.2 Å². The van der Waals surface area contributed by atoms with Crippen molar-refractivity contribution in [3.63, 3.8) is 0 Å². The molecule has 2 aromatic heterocycles. The van der Waals surface area contributed by atoms with Crippen LogP contribution in [0.15, 0.2) is 66.0 Å². The molecule has 0 aliphatic rings. The Labute approximate surface area is 205 Å². The summed E-state index contributed by atoms with van der Waals surface area (Å²) in [6.07, 6.45) is 6.12. The Morgan fingerprint density at radius 1 is 0.971 bits per heavy atom. The zero-order valence-electron chi connectivity index (χ0n) is 19.8. The number of imidazole rings is 1. The monoisotopic (exact) mass is 475 g/mol. The second-order valence-electron chi connectivity index (χ2n) is 8.58. The summed E-state index contributed by atoms with van der Waals surface area (Å²) in [4.78, 5) is 17.7. The molecule has 0 saturated heterocycles. The maximum absolute atomic E-state index is 12.0. The molecule has 0 fully saturated rings. The van der Waals surface area contributed by atoms with Gasteiger partial charge < -0.3 is 14.6 Å². The van der Waals surface area contributed by atoms with E-state index >= 15 is 0 Å². The molecule has 1 amide bonds. The molecule has 2 heterocycles. The summed E-state index contributed by atoms with van der Waals surface area (Å²) < 4.78 is 8.26. The summed E-state index contributed by atoms with van der Waals surface area (Å²) in [6, 6.07) is 20.4. The van der Waals surface area contributed by atoms with Crippen molar-refractivity contribution in [1.82, 2.24) is 14.9 Å². The molecule has 6 heteroatoms. The van der Waals surface area contributed by atoms with Crippen molar-refractivity contribution in [1.29, 1.82) is 0 Å². The lowest BCUT2D eigenvalue weighted by atomic mass is 10.2. The normalized spacial score (nSPS) is 11.1. The maximum Gasteiger partial charge on any atom is 0.261 e. The van der Waals surface area contributed by atoms with Crippen molar-refractivity contribution in [2.24, 2.45) is 0 Å². The molecule has 1 N–H and O–H groups in total. The van der Waals surface area contributed by atoms with Gasteiger partial charge in [0, 0.05) is 19.5 Å². The van der Waals surface area contributed by atoms with Gasteiger partial charge in [-0.05, 0) is 68.3 Å². The van der Waals surface area contributed by atoms with Gasteiger partial charge in [0.1, 0.15) is 11.6 Å². The number of ether oxygens (including phenoxy) is 1. The zero-order chi connectivity index (χ0) is 23.6. The standard InChI is InChI=1S/C28H33N3O2S/c1-22-14-16-23(17-15-22)33-20-8-7-19-31-25-11-5-4-10-24(25)30-27(31)13-3-2-6-18-29-28(32)26-12-9-21-34-26/h4-5,9-12,14-17,21H,2-3,6-8,13,18-20H2,1H3,(H,29,32). The van der Waals surface area contributed by atoms with E-state index in [-0.39, 0.29) is 5.91 Å². The largest absolute Gasteiger partial charge is 0.494 e. The molecular weight excluding hydrogens is 442 g/mol. The van der Waals surface area contributed by atoms with E-state index in [1.807, 2.05) is 29.6 Å². The minimum atomic E-state index is 0.0307. The third kappa shape index (κ3) is 6.70. The molecule has 0 spiro atoms. The lowest BCUT2D eigenvalue weighted by molar-refractivity contribution is 0.0957. The van der Waals surface area contributed by atoms with E-state index in [1.54, 1.807) is 0 Å². The highest BCUT2D eigenvalue weighted by atomic mass is 32.1. The van der Waals surface area contributed by atoms with Gasteiger partial charge in [-0.25, -0.2) is 4.98 Å². The van der Waals surface area contributed by atoms with Gasteiger partial charge in [-0.1, -0.05) is 42.3 Å². The van der Waals surface area contributed by atoms with E-state index in [2.05, 4.69) is 53.2 Å². The van der Waals surface area contributed by atoms with Crippen LogP contribution in [0.2, 0.25) is 0 Å². The van der Waals surface area contributed by atoms with E-state index in [0.717, 1.165) is 73.6 Å². The summed E-state index contributed by atoms with van der Waals surface area (Å²) in [5, 5.41) is 4.94. The fraction of sp³-hybridized carbons (Fsp3) is 0.357. The number of nitrogens with one attached hydrogen (secondary N) is 1. The lowest BCUT2D eigenvalue weighted by Crippen LogP contribution is -2.23. The first kappa shape index (κ1) is 24.0. The fourth-order valence-corrected chi connectivity index (χ4v) is 4.68. The number of aryl methyl sites for hydroxylation is 3. The van der Waals surface area contributed by atoms with E-state index in [4.69, 9.17) is 9.72 Å². The van der Waals surface area contributed by atoms with E-state index in [0.29, 0.717) is 6.54 Å². The van der Waals surface area contributed by atoms with Crippen molar-refractivity contribution in [2.75, 3.05) is 13.2 Å². The molecule has 0 saturated carbocycles. The smallest absolute Gasteiger partial charge is 0.261 e. The summed E-state index contributed by atoms with van der Waals surface area (Å²) in [5.74, 6) is 2.12. The SMILES string of the molecule is Cc1ccc(OCCCCn2c(CCCCCNC(=O)c3cccs3)nc3ccccc32)cc1. The molecule has 2 aromatic carbocycles. The zero-order valence-corrected chi connectivity index (χ0v) is 20.7.